The number of carboxylic acids is 1. The summed E-state index contributed by atoms with van der Waals surface area (Å²) in [4.78, 5) is 50.7. The summed E-state index contributed by atoms with van der Waals surface area (Å²) in [6.45, 7) is 8.72. The van der Waals surface area contributed by atoms with Gasteiger partial charge in [-0.05, 0) is 23.8 Å². The normalized spacial score (nSPS) is 13.8. The Hall–Kier alpha value is -2.94. The van der Waals surface area contributed by atoms with Gasteiger partial charge in [-0.25, -0.2) is 4.79 Å². The van der Waals surface area contributed by atoms with Crippen LogP contribution in [0.3, 0.4) is 0 Å². The second kappa shape index (κ2) is 13.6. The molecule has 184 valence electrons. The van der Waals surface area contributed by atoms with Gasteiger partial charge >= 0.3 is 5.97 Å². The lowest BCUT2D eigenvalue weighted by molar-refractivity contribution is -0.144. The minimum atomic E-state index is -1.14. The summed E-state index contributed by atoms with van der Waals surface area (Å²) >= 11 is 0. The van der Waals surface area contributed by atoms with Crippen LogP contribution in [0.15, 0.2) is 30.3 Å². The highest BCUT2D eigenvalue weighted by molar-refractivity contribution is 5.93. The van der Waals surface area contributed by atoms with E-state index >= 15 is 0 Å². The van der Waals surface area contributed by atoms with Crippen LogP contribution in [-0.2, 0) is 30.5 Å². The molecule has 0 aliphatic rings. The zero-order valence-corrected chi connectivity index (χ0v) is 20.3. The number of nitrogens with zero attached hydrogens (tertiary/aromatic N) is 1. The predicted molar refractivity (Wildman–Crippen MR) is 124 cm³/mol. The van der Waals surface area contributed by atoms with Gasteiger partial charge in [0.1, 0.15) is 18.1 Å². The standard InChI is InChI=1S/C24H37N3O6/c1-15(2)12-19(22(29)26-21(16(3)4)24(31)32)25-23(30)20(27(6)17(5)28)14-33-13-18-10-8-7-9-11-18/h7-11,15-16,19-21H,12-14H2,1-6H3,(H,25,30)(H,26,29)(H,31,32)/t19-,20-,21-/m0/s1. The number of likely N-dealkylation sites (N-methyl/N-ethyl adjacent to an activating group) is 1. The molecule has 0 spiro atoms. The molecule has 0 bridgehead atoms. The van der Waals surface area contributed by atoms with Crippen molar-refractivity contribution in [2.75, 3.05) is 13.7 Å². The molecule has 3 atom stereocenters. The molecule has 0 heterocycles. The Labute approximate surface area is 195 Å². The fourth-order valence-corrected chi connectivity index (χ4v) is 3.18. The smallest absolute Gasteiger partial charge is 0.326 e. The topological polar surface area (TPSA) is 125 Å². The molecule has 1 aromatic rings. The average molecular weight is 464 g/mol. The van der Waals surface area contributed by atoms with E-state index < -0.39 is 35.9 Å². The summed E-state index contributed by atoms with van der Waals surface area (Å²) in [7, 11) is 1.50. The third-order valence-electron chi connectivity index (χ3n) is 5.22. The van der Waals surface area contributed by atoms with Crippen molar-refractivity contribution in [3.63, 3.8) is 0 Å². The van der Waals surface area contributed by atoms with Crippen LogP contribution < -0.4 is 10.6 Å². The molecule has 0 fully saturated rings. The summed E-state index contributed by atoms with van der Waals surface area (Å²) in [5.74, 6) is -2.86. The Balaban J connectivity index is 2.95. The molecular weight excluding hydrogens is 426 g/mol. The molecule has 9 nitrogen and oxygen atoms in total. The van der Waals surface area contributed by atoms with Gasteiger partial charge in [-0.3, -0.25) is 14.4 Å². The maximum absolute atomic E-state index is 13.1. The second-order valence-corrected chi connectivity index (χ2v) is 8.91. The number of hydrogen-bond acceptors (Lipinski definition) is 5. The molecule has 0 aliphatic heterocycles. The van der Waals surface area contributed by atoms with Crippen LogP contribution in [0.25, 0.3) is 0 Å². The molecule has 0 unspecified atom stereocenters. The van der Waals surface area contributed by atoms with E-state index in [1.54, 1.807) is 13.8 Å². The lowest BCUT2D eigenvalue weighted by Crippen LogP contribution is -2.57. The highest BCUT2D eigenvalue weighted by atomic mass is 16.5. The van der Waals surface area contributed by atoms with Gasteiger partial charge in [0.25, 0.3) is 0 Å². The summed E-state index contributed by atoms with van der Waals surface area (Å²) in [6.07, 6.45) is 0.309. The van der Waals surface area contributed by atoms with Gasteiger partial charge < -0.3 is 25.4 Å². The molecule has 0 saturated carbocycles. The number of benzene rings is 1. The first-order valence-corrected chi connectivity index (χ1v) is 11.1. The second-order valence-electron chi connectivity index (χ2n) is 8.91. The lowest BCUT2D eigenvalue weighted by Gasteiger charge is -2.29. The fraction of sp³-hybridized carbons (Fsp3) is 0.583. The van der Waals surface area contributed by atoms with Crippen LogP contribution in [0, 0.1) is 11.8 Å². The third kappa shape index (κ3) is 9.61. The van der Waals surface area contributed by atoms with E-state index in [0.29, 0.717) is 6.42 Å². The van der Waals surface area contributed by atoms with Crippen LogP contribution in [0.4, 0.5) is 0 Å². The van der Waals surface area contributed by atoms with Crippen LogP contribution in [0.1, 0.15) is 46.6 Å². The molecular formula is C24H37N3O6. The fourth-order valence-electron chi connectivity index (χ4n) is 3.18. The molecule has 33 heavy (non-hydrogen) atoms. The minimum absolute atomic E-state index is 0.0571. The average Bonchev–Trinajstić information content (AvgIpc) is 2.73. The highest BCUT2D eigenvalue weighted by Gasteiger charge is 2.32. The summed E-state index contributed by atoms with van der Waals surface area (Å²) in [6, 6.07) is 6.44. The molecule has 9 heteroatoms. The van der Waals surface area contributed by atoms with Gasteiger partial charge in [-0.1, -0.05) is 58.0 Å². The first kappa shape index (κ1) is 28.1. The van der Waals surface area contributed by atoms with Crippen molar-refractivity contribution in [2.45, 2.75) is 65.8 Å². The molecule has 0 aromatic heterocycles. The number of aliphatic carboxylic acids is 1. The number of nitrogens with one attached hydrogen (secondary N) is 2. The Kier molecular flexibility index (Phi) is 11.6. The van der Waals surface area contributed by atoms with Gasteiger partial charge in [0, 0.05) is 14.0 Å². The number of amides is 3. The van der Waals surface area contributed by atoms with Crippen molar-refractivity contribution in [2.24, 2.45) is 11.8 Å². The Morgan fingerprint density at radius 2 is 1.61 bits per heavy atom. The largest absolute Gasteiger partial charge is 0.480 e. The van der Waals surface area contributed by atoms with E-state index in [9.17, 15) is 24.3 Å². The van der Waals surface area contributed by atoms with Crippen LogP contribution in [0.2, 0.25) is 0 Å². The van der Waals surface area contributed by atoms with Crippen molar-refractivity contribution in [3.8, 4) is 0 Å². The van der Waals surface area contributed by atoms with Crippen LogP contribution in [0.5, 0.6) is 0 Å². The summed E-state index contributed by atoms with van der Waals surface area (Å²) < 4.78 is 5.69. The quantitative estimate of drug-likeness (QED) is 0.410. The number of carboxylic acid groups (broad SMARTS) is 1. The highest BCUT2D eigenvalue weighted by Crippen LogP contribution is 2.10. The summed E-state index contributed by atoms with van der Waals surface area (Å²) in [5, 5.41) is 14.6. The Bertz CT molecular complexity index is 797. The summed E-state index contributed by atoms with van der Waals surface area (Å²) in [5.41, 5.74) is 0.924. The van der Waals surface area contributed by atoms with E-state index in [1.807, 2.05) is 44.2 Å². The predicted octanol–water partition coefficient (Wildman–Crippen LogP) is 1.81. The van der Waals surface area contributed by atoms with Gasteiger partial charge in [-0.15, -0.1) is 0 Å². The molecule has 1 aromatic carbocycles. The van der Waals surface area contributed by atoms with E-state index in [-0.39, 0.29) is 31.0 Å². The zero-order valence-electron chi connectivity index (χ0n) is 20.3. The van der Waals surface area contributed by atoms with Crippen molar-refractivity contribution in [3.05, 3.63) is 35.9 Å². The third-order valence-corrected chi connectivity index (χ3v) is 5.22. The van der Waals surface area contributed by atoms with Gasteiger partial charge in [0.15, 0.2) is 0 Å². The van der Waals surface area contributed by atoms with E-state index in [0.717, 1.165) is 5.56 Å². The number of carbonyl (C=O) groups is 4. The SMILES string of the molecule is CC(=O)N(C)[C@@H](COCc1ccccc1)C(=O)N[C@@H](CC(C)C)C(=O)N[C@H](C(=O)O)C(C)C. The number of rotatable bonds is 13. The molecule has 1 rings (SSSR count). The first-order valence-electron chi connectivity index (χ1n) is 11.1. The molecule has 3 amide bonds. The van der Waals surface area contributed by atoms with Gasteiger partial charge in [0.05, 0.1) is 13.2 Å². The zero-order chi connectivity index (χ0) is 25.1. The maximum atomic E-state index is 13.1. The van der Waals surface area contributed by atoms with Crippen molar-refractivity contribution in [1.29, 1.82) is 0 Å². The lowest BCUT2D eigenvalue weighted by atomic mass is 10.00. The van der Waals surface area contributed by atoms with Crippen molar-refractivity contribution < 1.29 is 29.0 Å². The van der Waals surface area contributed by atoms with E-state index in [4.69, 9.17) is 4.74 Å². The van der Waals surface area contributed by atoms with Crippen molar-refractivity contribution >= 4 is 23.7 Å². The van der Waals surface area contributed by atoms with Gasteiger partial charge in [0.2, 0.25) is 17.7 Å². The molecule has 0 radical (unpaired) electrons. The Morgan fingerprint density at radius 3 is 2.09 bits per heavy atom. The van der Waals surface area contributed by atoms with E-state index in [1.165, 1.54) is 18.9 Å². The van der Waals surface area contributed by atoms with E-state index in [2.05, 4.69) is 10.6 Å². The molecule has 3 N–H and O–H groups in total. The number of carbonyl (C=O) groups excluding carboxylic acids is 3. The van der Waals surface area contributed by atoms with Crippen LogP contribution >= 0.6 is 0 Å². The van der Waals surface area contributed by atoms with Gasteiger partial charge in [-0.2, -0.15) is 0 Å². The first-order chi connectivity index (χ1) is 15.4. The molecule has 0 saturated heterocycles. The van der Waals surface area contributed by atoms with Crippen molar-refractivity contribution in [1.82, 2.24) is 15.5 Å². The maximum Gasteiger partial charge on any atom is 0.326 e. The monoisotopic (exact) mass is 463 g/mol. The molecule has 0 aliphatic carbocycles. The number of hydrogen-bond donors (Lipinski definition) is 3. The van der Waals surface area contributed by atoms with Crippen LogP contribution in [-0.4, -0.2) is 65.5 Å². The number of ether oxygens (including phenoxy) is 1. The Morgan fingerprint density at radius 1 is 1.00 bits per heavy atom. The minimum Gasteiger partial charge on any atom is -0.480 e.